The van der Waals surface area contributed by atoms with Crippen molar-refractivity contribution in [3.8, 4) is 22.5 Å². The summed E-state index contributed by atoms with van der Waals surface area (Å²) >= 11 is 6.03. The summed E-state index contributed by atoms with van der Waals surface area (Å²) in [6.45, 7) is 1.93. The van der Waals surface area contributed by atoms with Crippen LogP contribution < -0.4 is 5.32 Å². The van der Waals surface area contributed by atoms with Gasteiger partial charge < -0.3 is 5.32 Å². The molecular weight excluding hydrogens is 451 g/mol. The number of carbonyl (C=O) groups excluding carboxylic acids is 1. The van der Waals surface area contributed by atoms with Crippen molar-refractivity contribution in [2.24, 2.45) is 0 Å². The molecule has 0 saturated heterocycles. The fraction of sp³-hybridized carbons (Fsp3) is 0.0741. The molecule has 0 spiro atoms. The van der Waals surface area contributed by atoms with Crippen molar-refractivity contribution in [1.82, 2.24) is 19.9 Å². The highest BCUT2D eigenvalue weighted by Gasteiger charge is 2.19. The first-order valence-electron chi connectivity index (χ1n) is 10.8. The number of benzene rings is 3. The number of carbonyl (C=O) groups is 1. The Morgan fingerprint density at radius 2 is 1.56 bits per heavy atom. The Morgan fingerprint density at radius 3 is 2.26 bits per heavy atom. The Hall–Kier alpha value is -4.03. The summed E-state index contributed by atoms with van der Waals surface area (Å²) < 4.78 is 15.0. The number of aromatic nitrogens is 3. The Balaban J connectivity index is 1.60. The van der Waals surface area contributed by atoms with E-state index in [9.17, 15) is 9.18 Å². The molecule has 168 valence electrons. The van der Waals surface area contributed by atoms with Crippen molar-refractivity contribution in [2.75, 3.05) is 0 Å². The molecule has 0 aliphatic carbocycles. The summed E-state index contributed by atoms with van der Waals surface area (Å²) in [7, 11) is 0. The van der Waals surface area contributed by atoms with Gasteiger partial charge in [0.05, 0.1) is 17.4 Å². The van der Waals surface area contributed by atoms with Crippen LogP contribution in [0.2, 0.25) is 5.02 Å². The Bertz CT molecular complexity index is 1470. The summed E-state index contributed by atoms with van der Waals surface area (Å²) in [6.07, 6.45) is 0. The minimum Gasteiger partial charge on any atom is -0.344 e. The number of nitrogens with one attached hydrogen (secondary N) is 1. The highest BCUT2D eigenvalue weighted by molar-refractivity contribution is 6.30. The second-order valence-corrected chi connectivity index (χ2v) is 8.38. The van der Waals surface area contributed by atoms with Crippen LogP contribution in [0.1, 0.15) is 29.0 Å². The van der Waals surface area contributed by atoms with Gasteiger partial charge in [-0.2, -0.15) is 5.10 Å². The average molecular weight is 471 g/mol. The van der Waals surface area contributed by atoms with Gasteiger partial charge in [0.2, 0.25) is 0 Å². The van der Waals surface area contributed by atoms with E-state index in [4.69, 9.17) is 16.6 Å². The van der Waals surface area contributed by atoms with E-state index in [0.29, 0.717) is 33.3 Å². The summed E-state index contributed by atoms with van der Waals surface area (Å²) in [5.74, 6) is -0.633. The minimum absolute atomic E-state index is 0.211. The van der Waals surface area contributed by atoms with Crippen molar-refractivity contribution in [3.05, 3.63) is 113 Å². The molecule has 0 bridgehead atoms. The van der Waals surface area contributed by atoms with Gasteiger partial charge in [0.1, 0.15) is 11.5 Å². The van der Waals surface area contributed by atoms with E-state index >= 15 is 0 Å². The van der Waals surface area contributed by atoms with E-state index in [1.165, 1.54) is 16.6 Å². The van der Waals surface area contributed by atoms with E-state index in [0.717, 1.165) is 11.1 Å². The Labute approximate surface area is 200 Å². The predicted octanol–water partition coefficient (Wildman–Crippen LogP) is 6.35. The third-order valence-electron chi connectivity index (χ3n) is 5.59. The van der Waals surface area contributed by atoms with Crippen LogP contribution in [0.25, 0.3) is 28.2 Å². The van der Waals surface area contributed by atoms with Crippen LogP contribution in [0.15, 0.2) is 91.0 Å². The van der Waals surface area contributed by atoms with Gasteiger partial charge in [0.15, 0.2) is 5.65 Å². The van der Waals surface area contributed by atoms with Gasteiger partial charge in [0.25, 0.3) is 5.91 Å². The number of nitrogens with zero attached hydrogens (tertiary/aromatic N) is 3. The van der Waals surface area contributed by atoms with Crippen molar-refractivity contribution in [3.63, 3.8) is 0 Å². The molecule has 7 heteroatoms. The lowest BCUT2D eigenvalue weighted by atomic mass is 10.1. The zero-order valence-electron chi connectivity index (χ0n) is 18.2. The topological polar surface area (TPSA) is 59.3 Å². The van der Waals surface area contributed by atoms with Crippen LogP contribution in [-0.2, 0) is 0 Å². The fourth-order valence-electron chi connectivity index (χ4n) is 3.76. The first-order chi connectivity index (χ1) is 16.5. The van der Waals surface area contributed by atoms with Crippen LogP contribution in [-0.4, -0.2) is 20.5 Å². The highest BCUT2D eigenvalue weighted by atomic mass is 35.5. The maximum Gasteiger partial charge on any atom is 0.270 e. The zero-order valence-corrected chi connectivity index (χ0v) is 19.0. The maximum absolute atomic E-state index is 13.5. The first-order valence-corrected chi connectivity index (χ1v) is 11.1. The number of hydrogen-bond acceptors (Lipinski definition) is 3. The molecule has 5 nitrogen and oxygen atoms in total. The molecule has 34 heavy (non-hydrogen) atoms. The lowest BCUT2D eigenvalue weighted by molar-refractivity contribution is 0.0932. The van der Waals surface area contributed by atoms with Gasteiger partial charge in [-0.15, -0.1) is 0 Å². The summed E-state index contributed by atoms with van der Waals surface area (Å²) in [4.78, 5) is 18.1. The third kappa shape index (κ3) is 4.40. The fourth-order valence-corrected chi connectivity index (χ4v) is 3.89. The maximum atomic E-state index is 13.5. The summed E-state index contributed by atoms with van der Waals surface area (Å²) in [5, 5.41) is 8.32. The lowest BCUT2D eigenvalue weighted by Crippen LogP contribution is -2.28. The van der Waals surface area contributed by atoms with Crippen molar-refractivity contribution < 1.29 is 9.18 Å². The molecule has 0 aliphatic rings. The molecule has 1 amide bonds. The number of halogens is 2. The van der Waals surface area contributed by atoms with E-state index in [1.54, 1.807) is 30.3 Å². The molecule has 1 atom stereocenters. The molecule has 1 N–H and O–H groups in total. The average Bonchev–Trinajstić information content (AvgIpc) is 3.29. The van der Waals surface area contributed by atoms with Gasteiger partial charge in [-0.1, -0.05) is 54.1 Å². The monoisotopic (exact) mass is 470 g/mol. The number of hydrogen-bond donors (Lipinski definition) is 1. The minimum atomic E-state index is -0.339. The smallest absolute Gasteiger partial charge is 0.270 e. The summed E-state index contributed by atoms with van der Waals surface area (Å²) in [6, 6.07) is 26.3. The Morgan fingerprint density at radius 1 is 0.912 bits per heavy atom. The molecule has 5 aromatic rings. The van der Waals surface area contributed by atoms with E-state index in [2.05, 4.69) is 10.4 Å². The second kappa shape index (κ2) is 9.08. The molecule has 5 rings (SSSR count). The molecule has 0 fully saturated rings. The molecule has 3 aromatic carbocycles. The summed E-state index contributed by atoms with van der Waals surface area (Å²) in [5.41, 5.74) is 4.57. The molecule has 0 radical (unpaired) electrons. The van der Waals surface area contributed by atoms with Gasteiger partial charge in [-0.25, -0.2) is 13.9 Å². The molecule has 0 saturated carbocycles. The van der Waals surface area contributed by atoms with Gasteiger partial charge >= 0.3 is 0 Å². The van der Waals surface area contributed by atoms with E-state index < -0.39 is 0 Å². The second-order valence-electron chi connectivity index (χ2n) is 7.95. The standard InChI is InChI=1S/C27H20ClFN4O/c1-17(18-5-3-2-4-6-18)30-27(34)25-15-23(19-9-13-22(29)14-10-19)31-26-16-24(32-33(25)26)20-7-11-21(28)12-8-20/h2-17H,1H3,(H,30,34)/t17-/m0/s1. The predicted molar refractivity (Wildman–Crippen MR) is 131 cm³/mol. The molecule has 0 aliphatic heterocycles. The first kappa shape index (κ1) is 21.8. The van der Waals surface area contributed by atoms with Crippen molar-refractivity contribution in [2.45, 2.75) is 13.0 Å². The molecule has 0 unspecified atom stereocenters. The van der Waals surface area contributed by atoms with Crippen LogP contribution >= 0.6 is 11.6 Å². The van der Waals surface area contributed by atoms with Gasteiger partial charge in [-0.05, 0) is 55.0 Å². The normalized spacial score (nSPS) is 12.0. The SMILES string of the molecule is C[C@H](NC(=O)c1cc(-c2ccc(F)cc2)nc2cc(-c3ccc(Cl)cc3)nn12)c1ccccc1. The Kier molecular flexibility index (Phi) is 5.82. The molecule has 2 heterocycles. The van der Waals surface area contributed by atoms with E-state index in [1.807, 2.05) is 55.5 Å². The van der Waals surface area contributed by atoms with Crippen LogP contribution in [0.4, 0.5) is 4.39 Å². The van der Waals surface area contributed by atoms with Crippen LogP contribution in [0.3, 0.4) is 0 Å². The van der Waals surface area contributed by atoms with Gasteiger partial charge in [-0.3, -0.25) is 4.79 Å². The van der Waals surface area contributed by atoms with Crippen LogP contribution in [0.5, 0.6) is 0 Å². The zero-order chi connectivity index (χ0) is 23.7. The van der Waals surface area contributed by atoms with Crippen molar-refractivity contribution >= 4 is 23.2 Å². The van der Waals surface area contributed by atoms with Gasteiger partial charge in [0, 0.05) is 22.2 Å². The van der Waals surface area contributed by atoms with Crippen LogP contribution in [0, 0.1) is 5.82 Å². The number of fused-ring (bicyclic) bond motifs is 1. The van der Waals surface area contributed by atoms with E-state index in [-0.39, 0.29) is 17.8 Å². The highest BCUT2D eigenvalue weighted by Crippen LogP contribution is 2.25. The largest absolute Gasteiger partial charge is 0.344 e. The van der Waals surface area contributed by atoms with Crippen molar-refractivity contribution in [1.29, 1.82) is 0 Å². The lowest BCUT2D eigenvalue weighted by Gasteiger charge is -2.15. The number of rotatable bonds is 5. The molecular formula is C27H20ClFN4O. The third-order valence-corrected chi connectivity index (χ3v) is 5.84. The quantitative estimate of drug-likeness (QED) is 0.325. The number of amides is 1. The molecule has 2 aromatic heterocycles.